The van der Waals surface area contributed by atoms with E-state index in [2.05, 4.69) is 5.32 Å². The predicted molar refractivity (Wildman–Crippen MR) is 89.3 cm³/mol. The molecule has 0 spiro atoms. The molecule has 1 heterocycles. The molecule has 2 rings (SSSR count). The van der Waals surface area contributed by atoms with E-state index >= 15 is 0 Å². The molecule has 1 saturated heterocycles. The van der Waals surface area contributed by atoms with Crippen LogP contribution in [0.15, 0.2) is 24.3 Å². The highest BCUT2D eigenvalue weighted by Crippen LogP contribution is 2.15. The Hall–Kier alpha value is -2.44. The number of halogens is 1. The second-order valence-electron chi connectivity index (χ2n) is 6.42. The summed E-state index contributed by atoms with van der Waals surface area (Å²) in [5.41, 5.74) is 0.272. The van der Waals surface area contributed by atoms with Crippen LogP contribution >= 0.6 is 0 Å². The molecule has 0 bridgehead atoms. The maximum atomic E-state index is 13.0. The zero-order chi connectivity index (χ0) is 18.4. The molecular formula is C18H23FN2O4. The lowest BCUT2D eigenvalue weighted by atomic mass is 10.1. The molecule has 1 atom stereocenters. The van der Waals surface area contributed by atoms with Crippen molar-refractivity contribution in [2.24, 2.45) is 5.92 Å². The maximum absolute atomic E-state index is 13.0. The van der Waals surface area contributed by atoms with E-state index in [-0.39, 0.29) is 31.0 Å². The number of hydrogen-bond donors (Lipinski definition) is 1. The zero-order valence-electron chi connectivity index (χ0n) is 14.5. The van der Waals surface area contributed by atoms with Gasteiger partial charge in [0.25, 0.3) is 5.91 Å². The smallest absolute Gasteiger partial charge is 0.308 e. The molecule has 1 aromatic carbocycles. The Labute approximate surface area is 146 Å². The van der Waals surface area contributed by atoms with Crippen molar-refractivity contribution < 1.29 is 23.5 Å². The first kappa shape index (κ1) is 18.9. The van der Waals surface area contributed by atoms with Gasteiger partial charge in [0.1, 0.15) is 11.9 Å². The number of ether oxygens (including phenoxy) is 1. The summed E-state index contributed by atoms with van der Waals surface area (Å²) in [5, 5.41) is 2.66. The third-order valence-electron chi connectivity index (χ3n) is 4.00. The van der Waals surface area contributed by atoms with E-state index in [0.717, 1.165) is 6.42 Å². The Kier molecular flexibility index (Phi) is 6.50. The average Bonchev–Trinajstić information content (AvgIpc) is 2.56. The highest BCUT2D eigenvalue weighted by Gasteiger charge is 2.35. The molecule has 136 valence electrons. The summed E-state index contributed by atoms with van der Waals surface area (Å²) >= 11 is 0. The molecule has 1 fully saturated rings. The number of hydrogen-bond acceptors (Lipinski definition) is 4. The van der Waals surface area contributed by atoms with Crippen LogP contribution in [-0.4, -0.2) is 48.4 Å². The van der Waals surface area contributed by atoms with Crippen molar-refractivity contribution in [3.63, 3.8) is 0 Å². The average molecular weight is 350 g/mol. The lowest BCUT2D eigenvalue weighted by Gasteiger charge is -2.34. The molecule has 0 aromatic heterocycles. The molecule has 0 aliphatic carbocycles. The van der Waals surface area contributed by atoms with Crippen molar-refractivity contribution in [1.82, 2.24) is 10.2 Å². The Balaban J connectivity index is 2.04. The number of benzene rings is 1. The van der Waals surface area contributed by atoms with E-state index in [1.165, 1.54) is 29.2 Å². The summed E-state index contributed by atoms with van der Waals surface area (Å²) in [6.45, 7) is 4.92. The lowest BCUT2D eigenvalue weighted by molar-refractivity contribution is -0.148. The SMILES string of the molecule is CC(C)CCOC(=O)CC1C(=O)NCCN1C(=O)c1ccc(F)cc1. The molecule has 7 heteroatoms. The molecule has 2 amide bonds. The first-order valence-electron chi connectivity index (χ1n) is 8.38. The quantitative estimate of drug-likeness (QED) is 0.793. The van der Waals surface area contributed by atoms with Crippen molar-refractivity contribution in [2.75, 3.05) is 19.7 Å². The van der Waals surface area contributed by atoms with Crippen LogP contribution in [0.4, 0.5) is 4.39 Å². The lowest BCUT2D eigenvalue weighted by Crippen LogP contribution is -2.57. The fourth-order valence-electron chi connectivity index (χ4n) is 2.54. The summed E-state index contributed by atoms with van der Waals surface area (Å²) < 4.78 is 18.2. The van der Waals surface area contributed by atoms with Gasteiger partial charge in [-0.1, -0.05) is 13.8 Å². The van der Waals surface area contributed by atoms with Crippen molar-refractivity contribution in [2.45, 2.75) is 32.7 Å². The van der Waals surface area contributed by atoms with Gasteiger partial charge in [0.15, 0.2) is 0 Å². The maximum Gasteiger partial charge on any atom is 0.308 e. The van der Waals surface area contributed by atoms with Gasteiger partial charge in [-0.3, -0.25) is 14.4 Å². The topological polar surface area (TPSA) is 75.7 Å². The van der Waals surface area contributed by atoms with Crippen LogP contribution < -0.4 is 5.32 Å². The van der Waals surface area contributed by atoms with E-state index in [1.807, 2.05) is 13.8 Å². The number of amides is 2. The fourth-order valence-corrected chi connectivity index (χ4v) is 2.54. The first-order valence-corrected chi connectivity index (χ1v) is 8.38. The number of nitrogens with zero attached hydrogens (tertiary/aromatic N) is 1. The molecule has 1 N–H and O–H groups in total. The number of nitrogens with one attached hydrogen (secondary N) is 1. The fraction of sp³-hybridized carbons (Fsp3) is 0.500. The second kappa shape index (κ2) is 8.60. The second-order valence-corrected chi connectivity index (χ2v) is 6.42. The van der Waals surface area contributed by atoms with E-state index in [4.69, 9.17) is 4.74 Å². The minimum absolute atomic E-state index is 0.198. The molecule has 1 aliphatic rings. The van der Waals surface area contributed by atoms with Gasteiger partial charge in [0.2, 0.25) is 5.91 Å². The Bertz CT molecular complexity index is 630. The molecule has 6 nitrogen and oxygen atoms in total. The molecule has 1 unspecified atom stereocenters. The molecule has 0 saturated carbocycles. The van der Waals surface area contributed by atoms with Crippen molar-refractivity contribution in [3.05, 3.63) is 35.6 Å². The van der Waals surface area contributed by atoms with Crippen molar-refractivity contribution in [1.29, 1.82) is 0 Å². The summed E-state index contributed by atoms with van der Waals surface area (Å²) in [5.74, 6) is -1.35. The number of carbonyl (C=O) groups is 3. The van der Waals surface area contributed by atoms with Crippen molar-refractivity contribution in [3.8, 4) is 0 Å². The van der Waals surface area contributed by atoms with E-state index in [0.29, 0.717) is 12.5 Å². The van der Waals surface area contributed by atoms with E-state index in [1.54, 1.807) is 0 Å². The van der Waals surface area contributed by atoms with Gasteiger partial charge in [-0.2, -0.15) is 0 Å². The van der Waals surface area contributed by atoms with E-state index in [9.17, 15) is 18.8 Å². The van der Waals surface area contributed by atoms with Gasteiger partial charge in [0.05, 0.1) is 13.0 Å². The summed E-state index contributed by atoms with van der Waals surface area (Å²) in [4.78, 5) is 38.1. The molecule has 1 aliphatic heterocycles. The van der Waals surface area contributed by atoms with Gasteiger partial charge in [0, 0.05) is 18.7 Å². The van der Waals surface area contributed by atoms with E-state index < -0.39 is 23.7 Å². The standard InChI is InChI=1S/C18H23FN2O4/c1-12(2)7-10-25-16(22)11-15-17(23)20-8-9-21(15)18(24)13-3-5-14(19)6-4-13/h3-6,12,15H,7-11H2,1-2H3,(H,20,23). The minimum Gasteiger partial charge on any atom is -0.466 e. The summed E-state index contributed by atoms with van der Waals surface area (Å²) in [6, 6.07) is 4.18. The summed E-state index contributed by atoms with van der Waals surface area (Å²) in [6.07, 6.45) is 0.539. The Morgan fingerprint density at radius 2 is 2.00 bits per heavy atom. The predicted octanol–water partition coefficient (Wildman–Crippen LogP) is 1.75. The third kappa shape index (κ3) is 5.27. The van der Waals surface area contributed by atoms with Gasteiger partial charge in [-0.05, 0) is 36.6 Å². The van der Waals surface area contributed by atoms with Crippen LogP contribution in [0.2, 0.25) is 0 Å². The zero-order valence-corrected chi connectivity index (χ0v) is 14.5. The number of esters is 1. The molecular weight excluding hydrogens is 327 g/mol. The summed E-state index contributed by atoms with van der Waals surface area (Å²) in [7, 11) is 0. The Morgan fingerprint density at radius 1 is 1.32 bits per heavy atom. The Morgan fingerprint density at radius 3 is 2.64 bits per heavy atom. The molecule has 1 aromatic rings. The van der Waals surface area contributed by atoms with Gasteiger partial charge in [-0.15, -0.1) is 0 Å². The minimum atomic E-state index is -0.919. The van der Waals surface area contributed by atoms with Crippen molar-refractivity contribution >= 4 is 17.8 Å². The largest absolute Gasteiger partial charge is 0.466 e. The number of piperazine rings is 1. The van der Waals surface area contributed by atoms with Crippen LogP contribution in [0.3, 0.4) is 0 Å². The van der Waals surface area contributed by atoms with Gasteiger partial charge >= 0.3 is 5.97 Å². The highest BCUT2D eigenvalue weighted by atomic mass is 19.1. The van der Waals surface area contributed by atoms with Crippen LogP contribution in [-0.2, 0) is 14.3 Å². The van der Waals surface area contributed by atoms with Crippen LogP contribution in [0.1, 0.15) is 37.0 Å². The molecule has 25 heavy (non-hydrogen) atoms. The number of rotatable bonds is 6. The normalized spacial score (nSPS) is 17.4. The first-order chi connectivity index (χ1) is 11.9. The monoisotopic (exact) mass is 350 g/mol. The third-order valence-corrected chi connectivity index (χ3v) is 4.00. The van der Waals surface area contributed by atoms with Gasteiger partial charge in [-0.25, -0.2) is 4.39 Å². The van der Waals surface area contributed by atoms with Crippen LogP contribution in [0.25, 0.3) is 0 Å². The van der Waals surface area contributed by atoms with Gasteiger partial charge < -0.3 is 15.0 Å². The number of carbonyl (C=O) groups excluding carboxylic acids is 3. The molecule has 0 radical (unpaired) electrons. The van der Waals surface area contributed by atoms with Crippen LogP contribution in [0, 0.1) is 11.7 Å². The van der Waals surface area contributed by atoms with Crippen LogP contribution in [0.5, 0.6) is 0 Å². The highest BCUT2D eigenvalue weighted by molar-refractivity contribution is 5.99.